The Balaban J connectivity index is 2.21. The van der Waals surface area contributed by atoms with E-state index in [-0.39, 0.29) is 11.9 Å². The number of halogens is 1. The largest absolute Gasteiger partial charge is 0.369 e. The van der Waals surface area contributed by atoms with Gasteiger partial charge in [-0.2, -0.15) is 0 Å². The highest BCUT2D eigenvalue weighted by molar-refractivity contribution is 7.09. The normalized spacial score (nSPS) is 12.4. The summed E-state index contributed by atoms with van der Waals surface area (Å²) in [6.07, 6.45) is 1.62. The minimum atomic E-state index is -0.170. The second kappa shape index (κ2) is 6.86. The van der Waals surface area contributed by atoms with Crippen LogP contribution in [0.5, 0.6) is 0 Å². The number of rotatable bonds is 6. The van der Waals surface area contributed by atoms with Crippen molar-refractivity contribution >= 4 is 17.0 Å². The van der Waals surface area contributed by atoms with E-state index in [4.69, 9.17) is 5.73 Å². The van der Waals surface area contributed by atoms with E-state index in [1.807, 2.05) is 18.0 Å². The molecule has 2 rings (SSSR count). The summed E-state index contributed by atoms with van der Waals surface area (Å²) in [7, 11) is 1.96. The highest BCUT2D eigenvalue weighted by Gasteiger charge is 2.18. The van der Waals surface area contributed by atoms with Crippen molar-refractivity contribution in [3.63, 3.8) is 0 Å². The van der Waals surface area contributed by atoms with Crippen molar-refractivity contribution < 1.29 is 4.39 Å². The van der Waals surface area contributed by atoms with Crippen molar-refractivity contribution in [2.24, 2.45) is 5.73 Å². The van der Waals surface area contributed by atoms with Gasteiger partial charge in [0, 0.05) is 24.4 Å². The molecule has 0 aliphatic carbocycles. The number of hydrogen-bond donors (Lipinski definition) is 1. The SMILES string of the molecule is CC(Cc1cccs1)N(C)c1c(F)cccc1CCN. The van der Waals surface area contributed by atoms with Crippen LogP contribution in [0.2, 0.25) is 0 Å². The molecule has 1 atom stereocenters. The van der Waals surface area contributed by atoms with Crippen molar-refractivity contribution in [1.29, 1.82) is 0 Å². The van der Waals surface area contributed by atoms with Gasteiger partial charge < -0.3 is 10.6 Å². The van der Waals surface area contributed by atoms with E-state index in [1.54, 1.807) is 17.4 Å². The van der Waals surface area contributed by atoms with Crippen LogP contribution in [0.4, 0.5) is 10.1 Å². The molecule has 108 valence electrons. The van der Waals surface area contributed by atoms with Crippen LogP contribution in [0.3, 0.4) is 0 Å². The van der Waals surface area contributed by atoms with Crippen LogP contribution in [0.25, 0.3) is 0 Å². The summed E-state index contributed by atoms with van der Waals surface area (Å²) in [5.41, 5.74) is 7.29. The fourth-order valence-electron chi connectivity index (χ4n) is 2.39. The predicted octanol–water partition coefficient (Wildman–Crippen LogP) is 3.46. The quantitative estimate of drug-likeness (QED) is 0.883. The van der Waals surface area contributed by atoms with Gasteiger partial charge in [-0.1, -0.05) is 18.2 Å². The summed E-state index contributed by atoms with van der Waals surface area (Å²) < 4.78 is 14.2. The van der Waals surface area contributed by atoms with Gasteiger partial charge in [0.1, 0.15) is 5.82 Å². The van der Waals surface area contributed by atoms with E-state index in [9.17, 15) is 4.39 Å². The Hall–Kier alpha value is -1.39. The maximum absolute atomic E-state index is 14.2. The fraction of sp³-hybridized carbons (Fsp3) is 0.375. The first-order valence-electron chi connectivity index (χ1n) is 6.86. The van der Waals surface area contributed by atoms with E-state index in [0.29, 0.717) is 18.7 Å². The molecule has 0 radical (unpaired) electrons. The zero-order valence-electron chi connectivity index (χ0n) is 12.0. The van der Waals surface area contributed by atoms with Crippen LogP contribution < -0.4 is 10.6 Å². The Kier molecular flexibility index (Phi) is 5.15. The van der Waals surface area contributed by atoms with Gasteiger partial charge in [-0.15, -0.1) is 11.3 Å². The molecule has 1 aromatic carbocycles. The molecule has 2 N–H and O–H groups in total. The molecule has 0 saturated heterocycles. The Morgan fingerprint density at radius 3 is 2.75 bits per heavy atom. The number of thiophene rings is 1. The van der Waals surface area contributed by atoms with Gasteiger partial charge in [0.05, 0.1) is 5.69 Å². The summed E-state index contributed by atoms with van der Waals surface area (Å²) in [6.45, 7) is 2.65. The zero-order chi connectivity index (χ0) is 14.5. The minimum Gasteiger partial charge on any atom is -0.369 e. The number of anilines is 1. The molecule has 0 amide bonds. The molecule has 0 saturated carbocycles. The summed E-state index contributed by atoms with van der Waals surface area (Å²) in [4.78, 5) is 3.35. The molecule has 2 aromatic rings. The average Bonchev–Trinajstić information content (AvgIpc) is 2.91. The maximum Gasteiger partial charge on any atom is 0.146 e. The van der Waals surface area contributed by atoms with Gasteiger partial charge in [-0.3, -0.25) is 0 Å². The predicted molar refractivity (Wildman–Crippen MR) is 85.0 cm³/mol. The molecule has 0 fully saturated rings. The standard InChI is InChI=1S/C16H21FN2S/c1-12(11-14-6-4-10-20-14)19(2)16-13(8-9-18)5-3-7-15(16)17/h3-7,10,12H,8-9,11,18H2,1-2H3. The fourth-order valence-corrected chi connectivity index (χ4v) is 3.22. The lowest BCUT2D eigenvalue weighted by molar-refractivity contribution is 0.601. The highest BCUT2D eigenvalue weighted by Crippen LogP contribution is 2.27. The first-order valence-corrected chi connectivity index (χ1v) is 7.74. The van der Waals surface area contributed by atoms with E-state index in [1.165, 1.54) is 10.9 Å². The molecule has 1 aromatic heterocycles. The first-order chi connectivity index (χ1) is 9.63. The topological polar surface area (TPSA) is 29.3 Å². The number of para-hydroxylation sites is 1. The van der Waals surface area contributed by atoms with E-state index in [0.717, 1.165) is 12.0 Å². The average molecular weight is 292 g/mol. The van der Waals surface area contributed by atoms with E-state index in [2.05, 4.69) is 24.4 Å². The third-order valence-electron chi connectivity index (χ3n) is 3.57. The van der Waals surface area contributed by atoms with Crippen molar-refractivity contribution in [3.05, 3.63) is 52.0 Å². The lowest BCUT2D eigenvalue weighted by Gasteiger charge is -2.29. The van der Waals surface area contributed by atoms with Gasteiger partial charge in [-0.25, -0.2) is 4.39 Å². The van der Waals surface area contributed by atoms with Crippen molar-refractivity contribution in [1.82, 2.24) is 0 Å². The Labute approximate surface area is 124 Å². The lowest BCUT2D eigenvalue weighted by atomic mass is 10.1. The summed E-state index contributed by atoms with van der Waals surface area (Å²) in [6, 6.07) is 9.64. The molecule has 4 heteroatoms. The second-order valence-electron chi connectivity index (χ2n) is 5.03. The lowest BCUT2D eigenvalue weighted by Crippen LogP contribution is -2.32. The Morgan fingerprint density at radius 1 is 1.30 bits per heavy atom. The van der Waals surface area contributed by atoms with Crippen LogP contribution in [0, 0.1) is 5.82 Å². The van der Waals surface area contributed by atoms with Crippen molar-refractivity contribution in [2.75, 3.05) is 18.5 Å². The number of likely N-dealkylation sites (N-methyl/N-ethyl adjacent to an activating group) is 1. The number of nitrogens with two attached hydrogens (primary N) is 1. The van der Waals surface area contributed by atoms with Gasteiger partial charge in [0.25, 0.3) is 0 Å². The van der Waals surface area contributed by atoms with Gasteiger partial charge in [0.15, 0.2) is 0 Å². The highest BCUT2D eigenvalue weighted by atomic mass is 32.1. The zero-order valence-corrected chi connectivity index (χ0v) is 12.8. The molecule has 2 nitrogen and oxygen atoms in total. The van der Waals surface area contributed by atoms with E-state index >= 15 is 0 Å². The van der Waals surface area contributed by atoms with E-state index < -0.39 is 0 Å². The monoisotopic (exact) mass is 292 g/mol. The van der Waals surface area contributed by atoms with Gasteiger partial charge in [0.2, 0.25) is 0 Å². The molecule has 0 spiro atoms. The Bertz CT molecular complexity index is 539. The third-order valence-corrected chi connectivity index (χ3v) is 4.47. The van der Waals surface area contributed by atoms with Crippen LogP contribution >= 0.6 is 11.3 Å². The maximum atomic E-state index is 14.2. The molecule has 0 aliphatic rings. The summed E-state index contributed by atoms with van der Waals surface area (Å²) in [5, 5.41) is 2.07. The van der Waals surface area contributed by atoms with Gasteiger partial charge in [-0.05, 0) is 43.0 Å². The molecule has 1 unspecified atom stereocenters. The Morgan fingerprint density at radius 2 is 2.10 bits per heavy atom. The van der Waals surface area contributed by atoms with Crippen LogP contribution in [0.15, 0.2) is 35.7 Å². The van der Waals surface area contributed by atoms with Crippen molar-refractivity contribution in [3.8, 4) is 0 Å². The molecule has 20 heavy (non-hydrogen) atoms. The number of benzene rings is 1. The van der Waals surface area contributed by atoms with Gasteiger partial charge >= 0.3 is 0 Å². The number of hydrogen-bond acceptors (Lipinski definition) is 3. The molecular formula is C16H21FN2S. The second-order valence-corrected chi connectivity index (χ2v) is 6.06. The van der Waals surface area contributed by atoms with Crippen LogP contribution in [0.1, 0.15) is 17.4 Å². The minimum absolute atomic E-state index is 0.170. The van der Waals surface area contributed by atoms with Crippen molar-refractivity contribution in [2.45, 2.75) is 25.8 Å². The third kappa shape index (κ3) is 3.38. The summed E-state index contributed by atoms with van der Waals surface area (Å²) >= 11 is 1.74. The van der Waals surface area contributed by atoms with Crippen LogP contribution in [-0.2, 0) is 12.8 Å². The smallest absolute Gasteiger partial charge is 0.146 e. The first kappa shape index (κ1) is 15.0. The molecular weight excluding hydrogens is 271 g/mol. The summed E-state index contributed by atoms with van der Waals surface area (Å²) in [5.74, 6) is -0.170. The number of nitrogens with zero attached hydrogens (tertiary/aromatic N) is 1. The van der Waals surface area contributed by atoms with Crippen LogP contribution in [-0.4, -0.2) is 19.6 Å². The molecule has 0 aliphatic heterocycles. The molecule has 1 heterocycles. The molecule has 0 bridgehead atoms.